The van der Waals surface area contributed by atoms with Crippen LogP contribution in [-0.2, 0) is 24.4 Å². The Morgan fingerprint density at radius 2 is 2.13 bits per heavy atom. The predicted molar refractivity (Wildman–Crippen MR) is 107 cm³/mol. The molecular weight excluding hydrogens is 394 g/mol. The molecule has 2 aromatic heterocycles. The Hall–Kier alpha value is -3.27. The zero-order chi connectivity index (χ0) is 21.3. The highest BCUT2D eigenvalue weighted by atomic mass is 19.1. The highest BCUT2D eigenvalue weighted by molar-refractivity contribution is 5.92. The van der Waals surface area contributed by atoms with Crippen LogP contribution in [0.25, 0.3) is 5.57 Å². The zero-order valence-electron chi connectivity index (χ0n) is 16.5. The first kappa shape index (κ1) is 20.0. The van der Waals surface area contributed by atoms with Crippen LogP contribution in [0.3, 0.4) is 0 Å². The Balaban J connectivity index is 1.49. The van der Waals surface area contributed by atoms with Gasteiger partial charge in [0.05, 0.1) is 49.5 Å². The molecule has 0 atom stereocenters. The van der Waals surface area contributed by atoms with Crippen LogP contribution in [0.2, 0.25) is 0 Å². The fraction of sp³-hybridized carbons (Fsp3) is 0.350. The van der Waals surface area contributed by atoms with Crippen molar-refractivity contribution in [1.82, 2.24) is 19.7 Å². The van der Waals surface area contributed by atoms with Gasteiger partial charge >= 0.3 is 6.03 Å². The number of allylic oxidation sites excluding steroid dienone is 4. The molecule has 1 aliphatic carbocycles. The Labute approximate surface area is 172 Å². The van der Waals surface area contributed by atoms with Crippen molar-refractivity contribution in [1.29, 1.82) is 0 Å². The molecule has 4 rings (SSSR count). The maximum atomic E-state index is 14.1. The number of hydrogen-bond donors (Lipinski definition) is 2. The lowest BCUT2D eigenvalue weighted by atomic mass is 10.00. The van der Waals surface area contributed by atoms with E-state index in [-0.39, 0.29) is 30.4 Å². The van der Waals surface area contributed by atoms with Crippen molar-refractivity contribution in [3.8, 4) is 0 Å². The maximum absolute atomic E-state index is 14.1. The van der Waals surface area contributed by atoms with Gasteiger partial charge in [0.15, 0.2) is 5.82 Å². The zero-order valence-corrected chi connectivity index (χ0v) is 16.5. The molecular formula is C20H22F2N6O2. The van der Waals surface area contributed by atoms with Gasteiger partial charge in [-0.1, -0.05) is 0 Å². The van der Waals surface area contributed by atoms with Crippen LogP contribution in [-0.4, -0.2) is 39.4 Å². The first-order valence-electron chi connectivity index (χ1n) is 9.56. The number of carbonyl (C=O) groups excluding carboxylic acids is 1. The molecule has 10 heteroatoms. The van der Waals surface area contributed by atoms with Crippen LogP contribution in [0.4, 0.5) is 25.1 Å². The molecule has 2 aromatic rings. The number of rotatable bonds is 5. The Morgan fingerprint density at radius 3 is 2.90 bits per heavy atom. The minimum atomic E-state index is -0.663. The van der Waals surface area contributed by atoms with E-state index in [9.17, 15) is 13.6 Å². The lowest BCUT2D eigenvalue weighted by molar-refractivity contribution is 0.181. The molecule has 0 unspecified atom stereocenters. The van der Waals surface area contributed by atoms with Crippen LogP contribution < -0.4 is 11.1 Å². The van der Waals surface area contributed by atoms with Crippen molar-refractivity contribution >= 4 is 23.1 Å². The third-order valence-corrected chi connectivity index (χ3v) is 5.18. The van der Waals surface area contributed by atoms with E-state index < -0.39 is 11.7 Å². The lowest BCUT2D eigenvalue weighted by Crippen LogP contribution is -2.31. The second-order valence-electron chi connectivity index (χ2n) is 7.17. The number of nitrogens with two attached hydrogens (primary N) is 1. The SMILES string of the molecule is COCCn1ncc2c1CN(C(=O)Nc1nc(C3=C(F)C=C(F)CC3)ccc1N)C2. The van der Waals surface area contributed by atoms with Gasteiger partial charge in [0.2, 0.25) is 0 Å². The quantitative estimate of drug-likeness (QED) is 0.779. The van der Waals surface area contributed by atoms with Crippen molar-refractivity contribution in [3.63, 3.8) is 0 Å². The molecule has 0 radical (unpaired) electrons. The van der Waals surface area contributed by atoms with Gasteiger partial charge < -0.3 is 15.4 Å². The lowest BCUT2D eigenvalue weighted by Gasteiger charge is -2.18. The molecule has 3 N–H and O–H groups in total. The number of halogens is 2. The van der Waals surface area contributed by atoms with E-state index in [1.807, 2.05) is 4.68 Å². The third-order valence-electron chi connectivity index (χ3n) is 5.18. The Kier molecular flexibility index (Phi) is 5.49. The summed E-state index contributed by atoms with van der Waals surface area (Å²) in [6.45, 7) is 1.94. The minimum absolute atomic E-state index is 0.114. The monoisotopic (exact) mass is 416 g/mol. The molecule has 30 heavy (non-hydrogen) atoms. The molecule has 2 aliphatic rings. The van der Waals surface area contributed by atoms with Gasteiger partial charge in [-0.15, -0.1) is 0 Å². The summed E-state index contributed by atoms with van der Waals surface area (Å²) in [4.78, 5) is 18.7. The number of amides is 2. The molecule has 0 aromatic carbocycles. The molecule has 0 bridgehead atoms. The van der Waals surface area contributed by atoms with Gasteiger partial charge in [-0.3, -0.25) is 10.00 Å². The number of carbonyl (C=O) groups is 1. The number of hydrogen-bond acceptors (Lipinski definition) is 5. The van der Waals surface area contributed by atoms with E-state index in [1.54, 1.807) is 30.3 Å². The largest absolute Gasteiger partial charge is 0.396 e. The van der Waals surface area contributed by atoms with E-state index >= 15 is 0 Å². The normalized spacial score (nSPS) is 16.0. The molecule has 8 nitrogen and oxygen atoms in total. The maximum Gasteiger partial charge on any atom is 0.323 e. The predicted octanol–water partition coefficient (Wildman–Crippen LogP) is 3.38. The standard InChI is InChI=1S/C20H22F2N6O2/c1-30-7-6-28-18-11-27(10-12(18)9-24-28)20(29)26-19-16(23)4-5-17(25-19)14-3-2-13(21)8-15(14)22/h4-5,8-9H,2-3,6-7,10-11,23H2,1H3,(H,25,26,29). The summed E-state index contributed by atoms with van der Waals surface area (Å²) in [5.41, 5.74) is 8.76. The number of nitrogens with zero attached hydrogens (tertiary/aromatic N) is 4. The number of nitrogen functional groups attached to an aromatic ring is 1. The van der Waals surface area contributed by atoms with Gasteiger partial charge in [-0.05, 0) is 18.6 Å². The number of urea groups is 1. The number of nitrogens with one attached hydrogen (secondary N) is 1. The van der Waals surface area contributed by atoms with Gasteiger partial charge in [0.1, 0.15) is 11.7 Å². The second-order valence-corrected chi connectivity index (χ2v) is 7.17. The van der Waals surface area contributed by atoms with E-state index in [0.717, 1.165) is 17.3 Å². The first-order chi connectivity index (χ1) is 14.5. The third kappa shape index (κ3) is 3.90. The van der Waals surface area contributed by atoms with Gasteiger partial charge in [0.25, 0.3) is 0 Å². The number of ether oxygens (including phenoxy) is 1. The number of methoxy groups -OCH3 is 1. The van der Waals surface area contributed by atoms with E-state index in [4.69, 9.17) is 10.5 Å². The van der Waals surface area contributed by atoms with Gasteiger partial charge in [-0.25, -0.2) is 18.6 Å². The number of aromatic nitrogens is 3. The topological polar surface area (TPSA) is 98.3 Å². The van der Waals surface area contributed by atoms with Crippen molar-refractivity contribution in [2.24, 2.45) is 0 Å². The number of anilines is 2. The Bertz CT molecular complexity index is 1050. The molecule has 0 spiro atoms. The van der Waals surface area contributed by atoms with Gasteiger partial charge in [0, 0.05) is 30.7 Å². The average molecular weight is 416 g/mol. The van der Waals surface area contributed by atoms with E-state index in [2.05, 4.69) is 15.4 Å². The van der Waals surface area contributed by atoms with Crippen LogP contribution in [0.1, 0.15) is 29.8 Å². The molecule has 0 saturated carbocycles. The van der Waals surface area contributed by atoms with Crippen LogP contribution in [0, 0.1) is 0 Å². The van der Waals surface area contributed by atoms with Crippen molar-refractivity contribution < 1.29 is 18.3 Å². The summed E-state index contributed by atoms with van der Waals surface area (Å²) >= 11 is 0. The van der Waals surface area contributed by atoms with Crippen molar-refractivity contribution in [2.75, 3.05) is 24.8 Å². The summed E-state index contributed by atoms with van der Waals surface area (Å²) in [7, 11) is 1.62. The number of fused-ring (bicyclic) bond motifs is 1. The second kappa shape index (κ2) is 8.23. The van der Waals surface area contributed by atoms with Crippen LogP contribution >= 0.6 is 0 Å². The van der Waals surface area contributed by atoms with E-state index in [0.29, 0.717) is 37.5 Å². The van der Waals surface area contributed by atoms with Crippen LogP contribution in [0.15, 0.2) is 36.1 Å². The summed E-state index contributed by atoms with van der Waals surface area (Å²) in [6, 6.07) is 2.74. The average Bonchev–Trinajstić information content (AvgIpc) is 3.29. The molecule has 0 fully saturated rings. The highest BCUT2D eigenvalue weighted by Gasteiger charge is 2.28. The molecule has 3 heterocycles. The smallest absolute Gasteiger partial charge is 0.323 e. The summed E-state index contributed by atoms with van der Waals surface area (Å²) in [5.74, 6) is -1.02. The summed E-state index contributed by atoms with van der Waals surface area (Å²) in [5, 5.41) is 7.02. The Morgan fingerprint density at radius 1 is 1.30 bits per heavy atom. The minimum Gasteiger partial charge on any atom is -0.396 e. The molecule has 158 valence electrons. The summed E-state index contributed by atoms with van der Waals surface area (Å²) < 4.78 is 34.3. The molecule has 1 aliphatic heterocycles. The van der Waals surface area contributed by atoms with Gasteiger partial charge in [-0.2, -0.15) is 5.10 Å². The fourth-order valence-electron chi connectivity index (χ4n) is 3.55. The summed E-state index contributed by atoms with van der Waals surface area (Å²) in [6.07, 6.45) is 2.92. The number of pyridine rings is 1. The van der Waals surface area contributed by atoms with E-state index in [1.165, 1.54) is 0 Å². The fourth-order valence-corrected chi connectivity index (χ4v) is 3.55. The van der Waals surface area contributed by atoms with Crippen molar-refractivity contribution in [2.45, 2.75) is 32.5 Å². The van der Waals surface area contributed by atoms with Crippen molar-refractivity contribution in [3.05, 3.63) is 53.0 Å². The molecule has 0 saturated heterocycles. The molecule has 2 amide bonds. The highest BCUT2D eigenvalue weighted by Crippen LogP contribution is 2.33. The first-order valence-corrected chi connectivity index (χ1v) is 9.56. The van der Waals surface area contributed by atoms with Crippen LogP contribution in [0.5, 0.6) is 0 Å².